The van der Waals surface area contributed by atoms with Crippen molar-refractivity contribution in [1.82, 2.24) is 4.90 Å². The van der Waals surface area contributed by atoms with E-state index in [0.717, 1.165) is 25.9 Å². The van der Waals surface area contributed by atoms with E-state index >= 15 is 0 Å². The maximum absolute atomic E-state index is 12.5. The van der Waals surface area contributed by atoms with Gasteiger partial charge in [-0.2, -0.15) is 0 Å². The van der Waals surface area contributed by atoms with Crippen molar-refractivity contribution in [3.05, 3.63) is 59.5 Å². The lowest BCUT2D eigenvalue weighted by Gasteiger charge is -2.15. The number of methoxy groups -OCH3 is 1. The molecule has 0 aliphatic carbocycles. The summed E-state index contributed by atoms with van der Waals surface area (Å²) >= 11 is 0. The molecule has 1 amide bonds. The van der Waals surface area contributed by atoms with Crippen LogP contribution in [-0.2, 0) is 17.8 Å². The van der Waals surface area contributed by atoms with E-state index < -0.39 is 0 Å². The second-order valence-corrected chi connectivity index (χ2v) is 5.79. The zero-order valence-electron chi connectivity index (χ0n) is 12.8. The zero-order valence-corrected chi connectivity index (χ0v) is 12.8. The third-order valence-corrected chi connectivity index (χ3v) is 4.10. The van der Waals surface area contributed by atoms with Crippen LogP contribution in [0.2, 0.25) is 0 Å². The largest absolute Gasteiger partial charge is 0.453 e. The Morgan fingerprint density at radius 3 is 2.86 bits per heavy atom. The van der Waals surface area contributed by atoms with Crippen molar-refractivity contribution in [2.45, 2.75) is 19.4 Å². The third kappa shape index (κ3) is 3.39. The fourth-order valence-electron chi connectivity index (χ4n) is 3.00. The van der Waals surface area contributed by atoms with Gasteiger partial charge in [-0.25, -0.2) is 0 Å². The lowest BCUT2D eigenvalue weighted by molar-refractivity contribution is 0.0747. The van der Waals surface area contributed by atoms with Crippen molar-refractivity contribution in [3.63, 3.8) is 0 Å². The zero-order chi connectivity index (χ0) is 15.4. The quantitative estimate of drug-likeness (QED) is 0.852. The van der Waals surface area contributed by atoms with E-state index in [2.05, 4.69) is 24.3 Å². The highest BCUT2D eigenvalue weighted by Crippen LogP contribution is 2.23. The number of amides is 1. The molecule has 116 valence electrons. The van der Waals surface area contributed by atoms with Gasteiger partial charge in [0.15, 0.2) is 5.76 Å². The Bertz CT molecular complexity index is 620. The second kappa shape index (κ2) is 6.79. The molecule has 0 saturated carbocycles. The number of hydrogen-bond acceptors (Lipinski definition) is 3. The summed E-state index contributed by atoms with van der Waals surface area (Å²) in [5.74, 6) is 1.61. The first kappa shape index (κ1) is 14.9. The highest BCUT2D eigenvalue weighted by molar-refractivity contribution is 5.91. The van der Waals surface area contributed by atoms with Crippen LogP contribution in [0.5, 0.6) is 0 Å². The van der Waals surface area contributed by atoms with Crippen molar-refractivity contribution in [2.75, 3.05) is 20.2 Å². The maximum Gasteiger partial charge on any atom is 0.289 e. The fraction of sp³-hybridized carbons (Fsp3) is 0.389. The SMILES string of the molecule is COCc1ccc(C(=O)N2CCC(Cc3ccccc3)C2)o1. The van der Waals surface area contributed by atoms with E-state index in [1.807, 2.05) is 11.0 Å². The summed E-state index contributed by atoms with van der Waals surface area (Å²) in [5.41, 5.74) is 1.34. The van der Waals surface area contributed by atoms with Crippen LogP contribution in [0.25, 0.3) is 0 Å². The van der Waals surface area contributed by atoms with Gasteiger partial charge in [-0.05, 0) is 36.5 Å². The molecule has 4 heteroatoms. The predicted molar refractivity (Wildman–Crippen MR) is 83.6 cm³/mol. The first-order chi connectivity index (χ1) is 10.8. The van der Waals surface area contributed by atoms with Crippen molar-refractivity contribution < 1.29 is 13.9 Å². The summed E-state index contributed by atoms with van der Waals surface area (Å²) in [7, 11) is 1.61. The Morgan fingerprint density at radius 2 is 2.09 bits per heavy atom. The van der Waals surface area contributed by atoms with Crippen molar-refractivity contribution in [3.8, 4) is 0 Å². The van der Waals surface area contributed by atoms with Crippen LogP contribution in [-0.4, -0.2) is 31.0 Å². The molecule has 1 atom stereocenters. The molecule has 0 N–H and O–H groups in total. The normalized spacial score (nSPS) is 17.9. The summed E-state index contributed by atoms with van der Waals surface area (Å²) < 4.78 is 10.5. The Morgan fingerprint density at radius 1 is 1.27 bits per heavy atom. The Balaban J connectivity index is 1.58. The van der Waals surface area contributed by atoms with Crippen LogP contribution in [0.15, 0.2) is 46.9 Å². The van der Waals surface area contributed by atoms with Crippen LogP contribution >= 0.6 is 0 Å². The number of nitrogens with zero attached hydrogens (tertiary/aromatic N) is 1. The van der Waals surface area contributed by atoms with Gasteiger partial charge in [-0.1, -0.05) is 30.3 Å². The smallest absolute Gasteiger partial charge is 0.289 e. The van der Waals surface area contributed by atoms with Crippen LogP contribution in [0.4, 0.5) is 0 Å². The van der Waals surface area contributed by atoms with E-state index in [0.29, 0.717) is 24.0 Å². The van der Waals surface area contributed by atoms with Crippen LogP contribution < -0.4 is 0 Å². The number of likely N-dealkylation sites (tertiary alicyclic amines) is 1. The van der Waals surface area contributed by atoms with Gasteiger partial charge in [0.1, 0.15) is 12.4 Å². The minimum atomic E-state index is -0.0158. The topological polar surface area (TPSA) is 42.7 Å². The summed E-state index contributed by atoms with van der Waals surface area (Å²) in [6.45, 7) is 1.99. The standard InChI is InChI=1S/C18H21NO3/c1-21-13-16-7-8-17(22-16)18(20)19-10-9-15(12-19)11-14-5-3-2-4-6-14/h2-8,15H,9-13H2,1H3. The molecule has 0 spiro atoms. The number of hydrogen-bond donors (Lipinski definition) is 0. The lowest BCUT2D eigenvalue weighted by atomic mass is 9.99. The van der Waals surface area contributed by atoms with Gasteiger partial charge < -0.3 is 14.1 Å². The second-order valence-electron chi connectivity index (χ2n) is 5.79. The number of furan rings is 1. The van der Waals surface area contributed by atoms with Gasteiger partial charge in [0.2, 0.25) is 0 Å². The minimum Gasteiger partial charge on any atom is -0.453 e. The molecule has 22 heavy (non-hydrogen) atoms. The molecule has 1 aliphatic heterocycles. The first-order valence-electron chi connectivity index (χ1n) is 7.67. The number of carbonyl (C=O) groups is 1. The molecule has 0 bridgehead atoms. The van der Waals surface area contributed by atoms with E-state index in [1.165, 1.54) is 5.56 Å². The number of benzene rings is 1. The van der Waals surface area contributed by atoms with E-state index in [1.54, 1.807) is 19.2 Å². The Kier molecular flexibility index (Phi) is 4.59. The average Bonchev–Trinajstić information content (AvgIpc) is 3.18. The molecule has 2 aromatic rings. The number of rotatable bonds is 5. The van der Waals surface area contributed by atoms with Crippen molar-refractivity contribution in [1.29, 1.82) is 0 Å². The molecule has 1 aromatic carbocycles. The summed E-state index contributed by atoms with van der Waals surface area (Å²) in [6, 6.07) is 14.0. The lowest BCUT2D eigenvalue weighted by Crippen LogP contribution is -2.28. The Labute approximate surface area is 130 Å². The van der Waals surface area contributed by atoms with Crippen molar-refractivity contribution in [2.24, 2.45) is 5.92 Å². The van der Waals surface area contributed by atoms with Crippen LogP contribution in [0.1, 0.15) is 28.3 Å². The highest BCUT2D eigenvalue weighted by Gasteiger charge is 2.28. The first-order valence-corrected chi connectivity index (χ1v) is 7.67. The monoisotopic (exact) mass is 299 g/mol. The van der Waals surface area contributed by atoms with Crippen molar-refractivity contribution >= 4 is 5.91 Å². The molecule has 0 radical (unpaired) electrons. The molecular formula is C18H21NO3. The summed E-state index contributed by atoms with van der Waals surface area (Å²) in [4.78, 5) is 14.3. The van der Waals surface area contributed by atoms with Gasteiger partial charge in [0, 0.05) is 20.2 Å². The Hall–Kier alpha value is -2.07. The van der Waals surface area contributed by atoms with E-state index in [9.17, 15) is 4.79 Å². The average molecular weight is 299 g/mol. The van der Waals surface area contributed by atoms with Crippen LogP contribution in [0.3, 0.4) is 0 Å². The van der Waals surface area contributed by atoms with Gasteiger partial charge in [-0.3, -0.25) is 4.79 Å². The van der Waals surface area contributed by atoms with Crippen LogP contribution in [0, 0.1) is 5.92 Å². The molecule has 1 saturated heterocycles. The molecule has 1 fully saturated rings. The molecular weight excluding hydrogens is 278 g/mol. The number of ether oxygens (including phenoxy) is 1. The fourth-order valence-corrected chi connectivity index (χ4v) is 3.00. The molecule has 4 nitrogen and oxygen atoms in total. The van der Waals surface area contributed by atoms with E-state index in [-0.39, 0.29) is 5.91 Å². The molecule has 2 heterocycles. The maximum atomic E-state index is 12.5. The molecule has 1 aliphatic rings. The molecule has 1 unspecified atom stereocenters. The number of carbonyl (C=O) groups excluding carboxylic acids is 1. The van der Waals surface area contributed by atoms with Gasteiger partial charge in [0.25, 0.3) is 5.91 Å². The minimum absolute atomic E-state index is 0.0158. The van der Waals surface area contributed by atoms with E-state index in [4.69, 9.17) is 9.15 Å². The third-order valence-electron chi connectivity index (χ3n) is 4.10. The van der Waals surface area contributed by atoms with Gasteiger partial charge in [0.05, 0.1) is 0 Å². The van der Waals surface area contributed by atoms with Gasteiger partial charge >= 0.3 is 0 Å². The highest BCUT2D eigenvalue weighted by atomic mass is 16.5. The summed E-state index contributed by atoms with van der Waals surface area (Å²) in [5, 5.41) is 0. The molecule has 1 aromatic heterocycles. The summed E-state index contributed by atoms with van der Waals surface area (Å²) in [6.07, 6.45) is 2.07. The predicted octanol–water partition coefficient (Wildman–Crippen LogP) is 3.13. The molecule has 3 rings (SSSR count). The van der Waals surface area contributed by atoms with Gasteiger partial charge in [-0.15, -0.1) is 0 Å².